The van der Waals surface area contributed by atoms with Crippen LogP contribution in [0.5, 0.6) is 0 Å². The lowest BCUT2D eigenvalue weighted by molar-refractivity contribution is -0.298. The number of nitrogens with one attached hydrogen (secondary N) is 1. The molecule has 8 unspecified atom stereocenters. The molecule has 308 valence electrons. The predicted molar refractivity (Wildman–Crippen MR) is 205 cm³/mol. The van der Waals surface area contributed by atoms with E-state index in [0.717, 1.165) is 51.4 Å². The molecular weight excluding hydrogens is 706 g/mol. The van der Waals surface area contributed by atoms with E-state index in [-0.39, 0.29) is 6.42 Å². The third-order valence-electron chi connectivity index (χ3n) is 8.93. The third kappa shape index (κ3) is 23.5. The first-order valence-electron chi connectivity index (χ1n) is 19.6. The monoisotopic (exact) mass is 775 g/mol. The number of aliphatic hydroxyl groups is 5. The van der Waals surface area contributed by atoms with Crippen molar-refractivity contribution < 1.29 is 57.0 Å². The summed E-state index contributed by atoms with van der Waals surface area (Å²) in [5.74, 6) is -0.757. The summed E-state index contributed by atoms with van der Waals surface area (Å²) in [6.45, 7) is 3.06. The van der Waals surface area contributed by atoms with Crippen molar-refractivity contribution in [2.45, 2.75) is 178 Å². The molecule has 0 saturated carbocycles. The van der Waals surface area contributed by atoms with Crippen LogP contribution in [0.15, 0.2) is 48.6 Å². The fraction of sp³-hybridized carbons (Fsp3) is 0.769. The molecule has 0 spiro atoms. The van der Waals surface area contributed by atoms with Gasteiger partial charge < -0.3 is 40.3 Å². The molecule has 53 heavy (non-hydrogen) atoms. The van der Waals surface area contributed by atoms with E-state index in [1.165, 1.54) is 51.0 Å². The van der Waals surface area contributed by atoms with Crippen LogP contribution in [0.1, 0.15) is 129 Å². The van der Waals surface area contributed by atoms with E-state index in [2.05, 4.69) is 47.7 Å². The molecule has 0 radical (unpaired) electrons. The van der Waals surface area contributed by atoms with Crippen LogP contribution in [0.4, 0.5) is 0 Å². The Balaban J connectivity index is 2.75. The summed E-state index contributed by atoms with van der Waals surface area (Å²) in [6.07, 6.45) is 22.4. The molecule has 8 atom stereocenters. The van der Waals surface area contributed by atoms with Gasteiger partial charge in [0.15, 0.2) is 6.29 Å². The van der Waals surface area contributed by atoms with E-state index in [4.69, 9.17) is 14.0 Å². The van der Waals surface area contributed by atoms with E-state index >= 15 is 0 Å². The molecule has 1 amide bonds. The van der Waals surface area contributed by atoms with Crippen molar-refractivity contribution in [1.82, 2.24) is 5.32 Å². The van der Waals surface area contributed by atoms with Gasteiger partial charge in [-0.05, 0) is 64.2 Å². The van der Waals surface area contributed by atoms with Crippen molar-refractivity contribution in [1.29, 1.82) is 0 Å². The molecule has 0 aromatic carbocycles. The smallest absolute Gasteiger partial charge is 0.394 e. The van der Waals surface area contributed by atoms with Gasteiger partial charge in [-0.2, -0.15) is 8.42 Å². The van der Waals surface area contributed by atoms with Gasteiger partial charge >= 0.3 is 10.4 Å². The summed E-state index contributed by atoms with van der Waals surface area (Å²) in [6, 6.07) is -1.16. The van der Waals surface area contributed by atoms with Crippen molar-refractivity contribution in [2.24, 2.45) is 0 Å². The fourth-order valence-electron chi connectivity index (χ4n) is 5.73. The number of carbonyl (C=O) groups excluding carboxylic acids is 1. The second kappa shape index (κ2) is 30.3. The number of aliphatic hydroxyl groups excluding tert-OH is 5. The second-order valence-corrected chi connectivity index (χ2v) is 14.7. The van der Waals surface area contributed by atoms with Crippen LogP contribution < -0.4 is 5.32 Å². The Bertz CT molecular complexity index is 1160. The number of rotatable bonds is 31. The average molecular weight is 776 g/mol. The quantitative estimate of drug-likeness (QED) is 0.0278. The van der Waals surface area contributed by atoms with Crippen LogP contribution in [-0.2, 0) is 28.9 Å². The fourth-order valence-corrected chi connectivity index (χ4v) is 6.23. The molecule has 1 saturated heterocycles. The standard InChI is InChI=1S/C39H69NO12S/c1-3-5-7-9-11-13-14-15-16-17-18-19-20-22-23-25-27-32(42)31(40-38(46)33(43)28-26-24-21-12-10-8-6-4-2)30-50-39-36(45)37(52-53(47,48)49)35(44)34(29-41)51-39/h15-16,19-21,24-25,27,31-37,39,41-45H,3-14,17-18,22-23,26,28-30H2,1-2H3,(H,40,46)(H,47,48,49)/b16-15+,20-19+,24-21-,27-25+. The Morgan fingerprint density at radius 2 is 1.26 bits per heavy atom. The van der Waals surface area contributed by atoms with Crippen LogP contribution in [0, 0.1) is 0 Å². The zero-order valence-electron chi connectivity index (χ0n) is 31.9. The minimum absolute atomic E-state index is 0.146. The summed E-state index contributed by atoms with van der Waals surface area (Å²) in [7, 11) is -5.12. The van der Waals surface area contributed by atoms with E-state index < -0.39 is 78.5 Å². The van der Waals surface area contributed by atoms with Crippen molar-refractivity contribution in [3.05, 3.63) is 48.6 Å². The van der Waals surface area contributed by atoms with Gasteiger partial charge in [0.05, 0.1) is 25.4 Å². The summed E-state index contributed by atoms with van der Waals surface area (Å²) < 4.78 is 47.2. The number of carbonyl (C=O) groups is 1. The SMILES string of the molecule is CCCCCC/C=C\CCC(O)C(=O)NC(COC1OC(CO)C(O)C(OS(=O)(=O)O)C1O)C(O)/C=C/CC/C=C/CC/C=C/CCCCCCCC. The average Bonchev–Trinajstić information content (AvgIpc) is 3.12. The van der Waals surface area contributed by atoms with Gasteiger partial charge in [0.2, 0.25) is 5.91 Å². The molecule has 1 rings (SSSR count). The van der Waals surface area contributed by atoms with Gasteiger partial charge in [0.25, 0.3) is 0 Å². The van der Waals surface area contributed by atoms with Crippen LogP contribution in [-0.4, -0.2) is 107 Å². The molecule has 1 aliphatic heterocycles. The Kier molecular flexibility index (Phi) is 28.0. The van der Waals surface area contributed by atoms with Crippen LogP contribution in [0.3, 0.4) is 0 Å². The van der Waals surface area contributed by atoms with E-state index in [0.29, 0.717) is 12.8 Å². The zero-order chi connectivity index (χ0) is 39.3. The topological polar surface area (TPSA) is 212 Å². The van der Waals surface area contributed by atoms with E-state index in [9.17, 15) is 38.7 Å². The first-order chi connectivity index (χ1) is 25.4. The number of hydrogen-bond acceptors (Lipinski definition) is 11. The van der Waals surface area contributed by atoms with Crippen LogP contribution in [0.2, 0.25) is 0 Å². The number of unbranched alkanes of at least 4 members (excludes halogenated alkanes) is 12. The van der Waals surface area contributed by atoms with Crippen molar-refractivity contribution in [2.75, 3.05) is 13.2 Å². The zero-order valence-corrected chi connectivity index (χ0v) is 32.7. The summed E-state index contributed by atoms with van der Waals surface area (Å²) >= 11 is 0. The molecule has 7 N–H and O–H groups in total. The maximum absolute atomic E-state index is 12.9. The predicted octanol–water partition coefficient (Wildman–Crippen LogP) is 5.12. The van der Waals surface area contributed by atoms with Crippen molar-refractivity contribution >= 4 is 16.3 Å². The molecular formula is C39H69NO12S. The number of ether oxygens (including phenoxy) is 2. The highest BCUT2D eigenvalue weighted by Gasteiger charge is 2.48. The molecule has 0 aromatic heterocycles. The summed E-state index contributed by atoms with van der Waals surface area (Å²) in [5, 5.41) is 54.7. The molecule has 0 aliphatic carbocycles. The summed E-state index contributed by atoms with van der Waals surface area (Å²) in [4.78, 5) is 12.9. The Morgan fingerprint density at radius 3 is 1.83 bits per heavy atom. The molecule has 13 nitrogen and oxygen atoms in total. The molecule has 1 heterocycles. The second-order valence-electron chi connectivity index (χ2n) is 13.6. The number of amides is 1. The van der Waals surface area contributed by atoms with Crippen LogP contribution in [0.25, 0.3) is 0 Å². The van der Waals surface area contributed by atoms with Gasteiger partial charge in [-0.1, -0.05) is 114 Å². The molecule has 14 heteroatoms. The van der Waals surface area contributed by atoms with E-state index in [1.54, 1.807) is 6.08 Å². The van der Waals surface area contributed by atoms with Crippen LogP contribution >= 0.6 is 0 Å². The number of hydrogen-bond donors (Lipinski definition) is 7. The van der Waals surface area contributed by atoms with Gasteiger partial charge in [-0.25, -0.2) is 4.18 Å². The number of allylic oxidation sites excluding steroid dienone is 7. The lowest BCUT2D eigenvalue weighted by Gasteiger charge is -2.41. The van der Waals surface area contributed by atoms with Crippen molar-refractivity contribution in [3.63, 3.8) is 0 Å². The molecule has 1 fully saturated rings. The van der Waals surface area contributed by atoms with Crippen molar-refractivity contribution in [3.8, 4) is 0 Å². The summed E-state index contributed by atoms with van der Waals surface area (Å²) in [5.41, 5.74) is 0. The lowest BCUT2D eigenvalue weighted by atomic mass is 9.99. The van der Waals surface area contributed by atoms with Gasteiger partial charge in [-0.15, -0.1) is 0 Å². The third-order valence-corrected chi connectivity index (χ3v) is 9.39. The largest absolute Gasteiger partial charge is 0.397 e. The lowest BCUT2D eigenvalue weighted by Crippen LogP contribution is -2.61. The molecule has 0 aromatic rings. The minimum Gasteiger partial charge on any atom is -0.394 e. The molecule has 1 aliphatic rings. The van der Waals surface area contributed by atoms with E-state index in [1.807, 2.05) is 12.2 Å². The van der Waals surface area contributed by atoms with Gasteiger partial charge in [0, 0.05) is 0 Å². The minimum atomic E-state index is -5.12. The normalized spacial score (nSPS) is 23.1. The highest BCUT2D eigenvalue weighted by molar-refractivity contribution is 7.80. The Morgan fingerprint density at radius 1 is 0.755 bits per heavy atom. The Hall–Kier alpha value is -1.98. The van der Waals surface area contributed by atoms with Gasteiger partial charge in [-0.3, -0.25) is 9.35 Å². The first kappa shape index (κ1) is 49.0. The molecule has 0 bridgehead atoms. The maximum Gasteiger partial charge on any atom is 0.397 e. The van der Waals surface area contributed by atoms with Gasteiger partial charge in [0.1, 0.15) is 30.5 Å². The maximum atomic E-state index is 12.9. The highest BCUT2D eigenvalue weighted by atomic mass is 32.3. The first-order valence-corrected chi connectivity index (χ1v) is 21.0. The Labute approximate surface area is 318 Å². The highest BCUT2D eigenvalue weighted by Crippen LogP contribution is 2.26.